The van der Waals surface area contributed by atoms with E-state index in [1.807, 2.05) is 21.1 Å². The molecule has 0 aromatic carbocycles. The Labute approximate surface area is 242 Å². The van der Waals surface area contributed by atoms with Crippen LogP contribution in [0.5, 0.6) is 0 Å². The first-order valence-electron chi connectivity index (χ1n) is 13.6. The molecule has 0 spiro atoms. The van der Waals surface area contributed by atoms with Crippen molar-refractivity contribution in [1.29, 1.82) is 0 Å². The topological polar surface area (TPSA) is 278 Å². The molecule has 16 atom stereocenters. The second-order valence-electron chi connectivity index (χ2n) is 11.9. The first-order valence-corrected chi connectivity index (χ1v) is 13.6. The summed E-state index contributed by atoms with van der Waals surface area (Å²) < 4.78 is 32.9. The minimum atomic E-state index is -1.88. The van der Waals surface area contributed by atoms with E-state index >= 15 is 0 Å². The van der Waals surface area contributed by atoms with Crippen LogP contribution in [-0.4, -0.2) is 213 Å². The standard InChI is InChI=1S/C24H46NO17/c1-25(2,3)4-9(27)6-37-7-11-13(28)15(30)19(34)23(40-11)38-8-12-14(29)16(31)20(35)24(41-12)42-21-10(5-26)39-22(36)18(33)17(21)32/h9-24,26-36H,4-8H2,1-3H3/q+1/t9?,10-,11?,12?,13-,14+,15-,16-,17?,18?,19?,20?,21+,22+,23-,24-/m0/s1. The van der Waals surface area contributed by atoms with Gasteiger partial charge in [0.15, 0.2) is 18.9 Å². The second kappa shape index (κ2) is 15.0. The van der Waals surface area contributed by atoms with Crippen LogP contribution in [0, 0.1) is 0 Å². The number of ether oxygens (including phenoxy) is 6. The van der Waals surface area contributed by atoms with Gasteiger partial charge in [0.1, 0.15) is 85.9 Å². The van der Waals surface area contributed by atoms with Gasteiger partial charge in [0.25, 0.3) is 0 Å². The highest BCUT2D eigenvalue weighted by molar-refractivity contribution is 4.94. The lowest BCUT2D eigenvalue weighted by atomic mass is 9.97. The summed E-state index contributed by atoms with van der Waals surface area (Å²) in [7, 11) is 5.65. The van der Waals surface area contributed by atoms with Crippen LogP contribution in [0.15, 0.2) is 0 Å². The van der Waals surface area contributed by atoms with E-state index in [0.29, 0.717) is 11.0 Å². The molecule has 0 radical (unpaired) electrons. The minimum absolute atomic E-state index is 0.0934. The molecule has 3 saturated heterocycles. The van der Waals surface area contributed by atoms with E-state index in [4.69, 9.17) is 28.4 Å². The highest BCUT2D eigenvalue weighted by Gasteiger charge is 2.51. The number of hydrogen-bond donors (Lipinski definition) is 11. The van der Waals surface area contributed by atoms with E-state index in [1.54, 1.807) is 0 Å². The highest BCUT2D eigenvalue weighted by Crippen LogP contribution is 2.30. The normalized spacial score (nSPS) is 46.0. The minimum Gasteiger partial charge on any atom is -0.394 e. The van der Waals surface area contributed by atoms with Crippen molar-refractivity contribution in [3.8, 4) is 0 Å². The molecule has 3 aliphatic heterocycles. The Morgan fingerprint density at radius 2 is 1.19 bits per heavy atom. The molecular weight excluding hydrogens is 574 g/mol. The maximum Gasteiger partial charge on any atom is 0.187 e. The fourth-order valence-corrected chi connectivity index (χ4v) is 4.94. The molecule has 248 valence electrons. The van der Waals surface area contributed by atoms with Crippen molar-refractivity contribution in [3.63, 3.8) is 0 Å². The second-order valence-corrected chi connectivity index (χ2v) is 11.9. The summed E-state index contributed by atoms with van der Waals surface area (Å²) in [5, 5.41) is 112. The van der Waals surface area contributed by atoms with Crippen molar-refractivity contribution >= 4 is 0 Å². The van der Waals surface area contributed by atoms with Crippen LogP contribution in [-0.2, 0) is 28.4 Å². The molecule has 0 aromatic heterocycles. The summed E-state index contributed by atoms with van der Waals surface area (Å²) in [5.41, 5.74) is 0. The van der Waals surface area contributed by atoms with E-state index in [9.17, 15) is 56.2 Å². The van der Waals surface area contributed by atoms with E-state index in [1.165, 1.54) is 0 Å². The molecule has 0 bridgehead atoms. The molecule has 3 aliphatic rings. The molecule has 0 amide bonds. The van der Waals surface area contributed by atoms with Gasteiger partial charge in [-0.25, -0.2) is 0 Å². The van der Waals surface area contributed by atoms with Gasteiger partial charge in [-0.15, -0.1) is 0 Å². The van der Waals surface area contributed by atoms with Crippen LogP contribution in [0.1, 0.15) is 0 Å². The number of hydrogen-bond acceptors (Lipinski definition) is 17. The fraction of sp³-hybridized carbons (Fsp3) is 1.00. The molecule has 0 aromatic rings. The summed E-state index contributed by atoms with van der Waals surface area (Å²) in [5.74, 6) is 0. The molecule has 3 fully saturated rings. The zero-order chi connectivity index (χ0) is 31.5. The number of rotatable bonds is 12. The Kier molecular flexibility index (Phi) is 12.8. The van der Waals surface area contributed by atoms with E-state index in [2.05, 4.69) is 0 Å². The van der Waals surface area contributed by atoms with Crippen molar-refractivity contribution in [1.82, 2.24) is 0 Å². The lowest BCUT2D eigenvalue weighted by molar-refractivity contribution is -0.873. The Hall–Kier alpha value is -0.720. The van der Waals surface area contributed by atoms with Crippen LogP contribution < -0.4 is 0 Å². The van der Waals surface area contributed by atoms with Gasteiger partial charge < -0.3 is 89.1 Å². The predicted octanol–water partition coefficient (Wildman–Crippen LogP) is -7.48. The molecule has 11 N–H and O–H groups in total. The maximum atomic E-state index is 10.5. The average molecular weight is 621 g/mol. The Balaban J connectivity index is 1.60. The van der Waals surface area contributed by atoms with E-state index in [0.717, 1.165) is 0 Å². The third kappa shape index (κ3) is 8.71. The summed E-state index contributed by atoms with van der Waals surface area (Å²) in [6.45, 7) is -1.37. The largest absolute Gasteiger partial charge is 0.394 e. The van der Waals surface area contributed by atoms with Gasteiger partial charge in [-0.2, -0.15) is 0 Å². The van der Waals surface area contributed by atoms with Crippen LogP contribution >= 0.6 is 0 Å². The van der Waals surface area contributed by atoms with Crippen molar-refractivity contribution in [2.75, 3.05) is 54.1 Å². The van der Waals surface area contributed by atoms with Crippen LogP contribution in [0.3, 0.4) is 0 Å². The SMILES string of the molecule is C[N+](C)(C)CC(O)COCC1O[C@H](OCC2O[C@@H](O[C@H]3C(O)C(O)[C@H](O)O[C@H]3CO)C(O)[C@@H](O)[C@@H]2O)C(O)[C@@H](O)[C@H]1O. The van der Waals surface area contributed by atoms with Crippen LogP contribution in [0.2, 0.25) is 0 Å². The Bertz CT molecular complexity index is 818. The van der Waals surface area contributed by atoms with Gasteiger partial charge in [-0.3, -0.25) is 0 Å². The molecule has 3 heterocycles. The van der Waals surface area contributed by atoms with Crippen LogP contribution in [0.4, 0.5) is 0 Å². The Morgan fingerprint density at radius 3 is 1.76 bits per heavy atom. The predicted molar refractivity (Wildman–Crippen MR) is 134 cm³/mol. The lowest BCUT2D eigenvalue weighted by Gasteiger charge is -2.46. The summed E-state index contributed by atoms with van der Waals surface area (Å²) in [6, 6.07) is 0. The van der Waals surface area contributed by atoms with Crippen molar-refractivity contribution in [2.24, 2.45) is 0 Å². The maximum absolute atomic E-state index is 10.5. The molecular formula is C24H46NO17+. The van der Waals surface area contributed by atoms with Crippen molar-refractivity contribution in [3.05, 3.63) is 0 Å². The molecule has 3 rings (SSSR count). The van der Waals surface area contributed by atoms with Gasteiger partial charge in [-0.05, 0) is 0 Å². The summed E-state index contributed by atoms with van der Waals surface area (Å²) in [6.07, 6.45) is -25.7. The Morgan fingerprint density at radius 1 is 0.643 bits per heavy atom. The number of aliphatic hydroxyl groups excluding tert-OH is 11. The lowest BCUT2D eigenvalue weighted by Crippen LogP contribution is -2.65. The first kappa shape index (κ1) is 35.8. The molecule has 0 saturated carbocycles. The van der Waals surface area contributed by atoms with E-state index < -0.39 is 111 Å². The number of nitrogens with zero attached hydrogens (tertiary/aromatic N) is 1. The number of aliphatic hydroxyl groups is 11. The average Bonchev–Trinajstić information content (AvgIpc) is 2.92. The number of likely N-dealkylation sites (N-methyl/N-ethyl adjacent to an activating group) is 1. The van der Waals surface area contributed by atoms with Gasteiger partial charge in [0, 0.05) is 0 Å². The van der Waals surface area contributed by atoms with Crippen LogP contribution in [0.25, 0.3) is 0 Å². The summed E-state index contributed by atoms with van der Waals surface area (Å²) >= 11 is 0. The fourth-order valence-electron chi connectivity index (χ4n) is 4.94. The van der Waals surface area contributed by atoms with Crippen molar-refractivity contribution in [2.45, 2.75) is 98.2 Å². The summed E-state index contributed by atoms with van der Waals surface area (Å²) in [4.78, 5) is 0. The zero-order valence-electron chi connectivity index (χ0n) is 23.6. The zero-order valence-corrected chi connectivity index (χ0v) is 23.6. The van der Waals surface area contributed by atoms with Gasteiger partial charge in [-0.1, -0.05) is 0 Å². The highest BCUT2D eigenvalue weighted by atomic mass is 16.7. The van der Waals surface area contributed by atoms with Gasteiger partial charge >= 0.3 is 0 Å². The monoisotopic (exact) mass is 620 g/mol. The smallest absolute Gasteiger partial charge is 0.187 e. The number of quaternary nitrogens is 1. The van der Waals surface area contributed by atoms with Gasteiger partial charge in [0.2, 0.25) is 0 Å². The molecule has 7 unspecified atom stereocenters. The molecule has 18 heteroatoms. The quantitative estimate of drug-likeness (QED) is 0.0904. The van der Waals surface area contributed by atoms with Crippen molar-refractivity contribution < 1.29 is 89.1 Å². The van der Waals surface area contributed by atoms with E-state index in [-0.39, 0.29) is 13.2 Å². The molecule has 18 nitrogen and oxygen atoms in total. The molecule has 42 heavy (non-hydrogen) atoms. The molecule has 0 aliphatic carbocycles. The first-order chi connectivity index (χ1) is 19.5. The third-order valence-corrected chi connectivity index (χ3v) is 7.24. The van der Waals surface area contributed by atoms with Gasteiger partial charge in [0.05, 0.1) is 47.6 Å². The third-order valence-electron chi connectivity index (χ3n) is 7.24.